The lowest BCUT2D eigenvalue weighted by molar-refractivity contribution is 0.101. The predicted octanol–water partition coefficient (Wildman–Crippen LogP) is 20.2. The van der Waals surface area contributed by atoms with Crippen molar-refractivity contribution < 1.29 is 24.9 Å². The highest BCUT2D eigenvalue weighted by atomic mass is 32.1. The summed E-state index contributed by atoms with van der Waals surface area (Å²) in [6.45, 7) is 9.78. The molecule has 442 valence electrons. The Labute approximate surface area is 525 Å². The van der Waals surface area contributed by atoms with Gasteiger partial charge in [0.2, 0.25) is 0 Å². The van der Waals surface area contributed by atoms with Gasteiger partial charge in [-0.05, 0) is 132 Å². The van der Waals surface area contributed by atoms with E-state index < -0.39 is 11.8 Å². The molecule has 0 fully saturated rings. The maximum Gasteiger partial charge on any atom is 0.261 e. The molecule has 2 heterocycles. The minimum Gasteiger partial charge on any atom is -0.507 e. The van der Waals surface area contributed by atoms with E-state index in [2.05, 4.69) is 68.3 Å². The SMILES string of the molecule is Cc1ccc2nc(NC(=O)c3cc(N=Nc4ccc(CN(Cc5ccc(N=Nc6cc(C(=O)Nc7nc8ccc(C)cc8s7)c(O)c7ccccc67)cc5)Cc5ccc(N=Nc6cc(C(C)C)c(O)c7ccccc67)cc5)cc4)c4ccccc4c3O)sc2c1. The van der Waals surface area contributed by atoms with Gasteiger partial charge < -0.3 is 15.3 Å². The lowest BCUT2D eigenvalue weighted by atomic mass is 9.96. The number of benzene rings is 11. The van der Waals surface area contributed by atoms with Gasteiger partial charge in [-0.25, -0.2) is 9.97 Å². The first-order valence-electron chi connectivity index (χ1n) is 29.1. The van der Waals surface area contributed by atoms with Crippen LogP contribution in [0.3, 0.4) is 0 Å². The smallest absolute Gasteiger partial charge is 0.261 e. The zero-order valence-corrected chi connectivity index (χ0v) is 50.9. The zero-order valence-electron chi connectivity index (χ0n) is 49.3. The van der Waals surface area contributed by atoms with Gasteiger partial charge in [-0.1, -0.05) is 158 Å². The molecule has 13 rings (SSSR count). The summed E-state index contributed by atoms with van der Waals surface area (Å²) in [5.41, 5.74) is 11.1. The molecule has 2 aromatic heterocycles. The van der Waals surface area contributed by atoms with Gasteiger partial charge in [-0.15, -0.1) is 15.3 Å². The van der Waals surface area contributed by atoms with Crippen molar-refractivity contribution in [3.8, 4) is 17.2 Å². The number of thiazole rings is 2. The Kier molecular flexibility index (Phi) is 16.2. The van der Waals surface area contributed by atoms with Crippen molar-refractivity contribution in [1.29, 1.82) is 0 Å². The normalized spacial score (nSPS) is 12.0. The summed E-state index contributed by atoms with van der Waals surface area (Å²) in [5, 5.41) is 72.0. The highest BCUT2D eigenvalue weighted by molar-refractivity contribution is 7.22. The number of carbonyl (C=O) groups is 2. The Morgan fingerprint density at radius 3 is 1.14 bits per heavy atom. The second-order valence-corrected chi connectivity index (χ2v) is 24.4. The fourth-order valence-electron chi connectivity index (χ4n) is 10.9. The first-order valence-corrected chi connectivity index (χ1v) is 30.7. The molecule has 0 atom stereocenters. The van der Waals surface area contributed by atoms with E-state index in [0.29, 0.717) is 85.6 Å². The fraction of sp³-hybridized carbons (Fsp3) is 0.111. The number of nitrogens with one attached hydrogen (secondary N) is 2. The molecule has 90 heavy (non-hydrogen) atoms. The van der Waals surface area contributed by atoms with Gasteiger partial charge in [0.25, 0.3) is 11.8 Å². The van der Waals surface area contributed by atoms with Crippen LogP contribution in [0, 0.1) is 13.8 Å². The molecule has 0 aliphatic heterocycles. The highest BCUT2D eigenvalue weighted by Gasteiger charge is 2.22. The molecule has 2 amide bonds. The Morgan fingerprint density at radius 1 is 0.433 bits per heavy atom. The number of rotatable bonds is 17. The van der Waals surface area contributed by atoms with E-state index in [4.69, 9.17) is 0 Å². The number of aromatic nitrogens is 2. The molecule has 0 unspecified atom stereocenters. The number of amides is 2. The lowest BCUT2D eigenvalue weighted by Crippen LogP contribution is -2.22. The van der Waals surface area contributed by atoms with Crippen LogP contribution in [0.2, 0.25) is 0 Å². The van der Waals surface area contributed by atoms with Crippen molar-refractivity contribution in [2.45, 2.75) is 53.2 Å². The van der Waals surface area contributed by atoms with Crippen LogP contribution in [0.4, 0.5) is 44.4 Å². The summed E-state index contributed by atoms with van der Waals surface area (Å²) in [6.07, 6.45) is 0. The van der Waals surface area contributed by atoms with Gasteiger partial charge in [0.1, 0.15) is 17.2 Å². The minimum absolute atomic E-state index is 0.0474. The summed E-state index contributed by atoms with van der Waals surface area (Å²) in [4.78, 5) is 39.0. The molecular formula is C72H57N11O5S2. The molecule has 0 aliphatic rings. The van der Waals surface area contributed by atoms with Crippen LogP contribution in [0.5, 0.6) is 17.2 Å². The standard InChI is InChI=1S/C72H57N11O5S2/c1-41(2)56-35-61(50-11-5-8-14-53(50)66(56)84)80-77-47-25-19-44(20-26-47)38-83(39-45-21-27-48(28-22-45)78-81-62-36-57(67(85)54-15-9-6-12-51(54)62)69(87)75-71-73-59-31-17-42(3)33-64(59)89-71)40-46-23-29-49(30-24-46)79-82-63-37-58(68(86)55-16-10-7-13-52(55)63)70(88)76-72-74-60-32-18-43(4)34-65(60)90-72/h5-37,41,84-86H,38-40H2,1-4H3,(H,73,75,87)(H,74,76,88). The highest BCUT2D eigenvalue weighted by Crippen LogP contribution is 2.42. The number of phenols is 3. The van der Waals surface area contributed by atoms with Crippen molar-refractivity contribution in [2.24, 2.45) is 30.7 Å². The number of aryl methyl sites for hydroxylation is 2. The average Bonchev–Trinajstić information content (AvgIpc) is 1.27. The van der Waals surface area contributed by atoms with Gasteiger partial charge >= 0.3 is 0 Å². The number of anilines is 2. The monoisotopic (exact) mass is 1220 g/mol. The number of azo groups is 3. The van der Waals surface area contributed by atoms with Crippen molar-refractivity contribution in [3.63, 3.8) is 0 Å². The van der Waals surface area contributed by atoms with Crippen LogP contribution < -0.4 is 10.6 Å². The second-order valence-electron chi connectivity index (χ2n) is 22.3. The lowest BCUT2D eigenvalue weighted by Gasteiger charge is -2.23. The van der Waals surface area contributed by atoms with Crippen LogP contribution in [0.15, 0.2) is 231 Å². The number of aromatic hydroxyl groups is 3. The molecule has 0 spiro atoms. The average molecular weight is 1220 g/mol. The molecule has 0 aliphatic carbocycles. The molecule has 0 radical (unpaired) electrons. The molecular weight excluding hydrogens is 1160 g/mol. The summed E-state index contributed by atoms with van der Waals surface area (Å²) < 4.78 is 1.89. The third-order valence-corrected chi connectivity index (χ3v) is 17.4. The van der Waals surface area contributed by atoms with Crippen LogP contribution in [-0.2, 0) is 19.6 Å². The number of phenolic OH excluding ortho intramolecular Hbond substituents is 3. The van der Waals surface area contributed by atoms with E-state index >= 15 is 0 Å². The van der Waals surface area contributed by atoms with Crippen LogP contribution >= 0.6 is 22.7 Å². The van der Waals surface area contributed by atoms with Crippen molar-refractivity contribution in [2.75, 3.05) is 10.6 Å². The van der Waals surface area contributed by atoms with E-state index in [0.717, 1.165) is 64.6 Å². The molecule has 18 heteroatoms. The quantitative estimate of drug-likeness (QED) is 0.0550. The predicted molar refractivity (Wildman–Crippen MR) is 360 cm³/mol. The Morgan fingerprint density at radius 2 is 0.778 bits per heavy atom. The third-order valence-electron chi connectivity index (χ3n) is 15.5. The maximum absolute atomic E-state index is 13.8. The molecule has 5 N–H and O–H groups in total. The van der Waals surface area contributed by atoms with Crippen LogP contribution in [-0.4, -0.2) is 42.0 Å². The van der Waals surface area contributed by atoms with E-state index in [1.165, 1.54) is 22.7 Å². The summed E-state index contributed by atoms with van der Waals surface area (Å²) >= 11 is 2.73. The molecule has 0 saturated carbocycles. The van der Waals surface area contributed by atoms with Gasteiger partial charge in [0.15, 0.2) is 10.3 Å². The number of hydrogen-bond donors (Lipinski definition) is 5. The first kappa shape index (κ1) is 58.1. The zero-order chi connectivity index (χ0) is 62.0. The molecule has 16 nitrogen and oxygen atoms in total. The van der Waals surface area contributed by atoms with Crippen LogP contribution in [0.25, 0.3) is 52.8 Å². The maximum atomic E-state index is 13.8. The number of hydrogen-bond acceptors (Lipinski definition) is 16. The number of fused-ring (bicyclic) bond motifs is 5. The molecule has 13 aromatic rings. The second kappa shape index (κ2) is 25.1. The minimum atomic E-state index is -0.517. The van der Waals surface area contributed by atoms with E-state index in [1.807, 2.05) is 179 Å². The Balaban J connectivity index is 0.748. The van der Waals surface area contributed by atoms with Gasteiger partial charge in [-0.2, -0.15) is 15.3 Å². The largest absolute Gasteiger partial charge is 0.507 e. The summed E-state index contributed by atoms with van der Waals surface area (Å²) in [6, 6.07) is 62.6. The van der Waals surface area contributed by atoms with Crippen molar-refractivity contribution in [1.82, 2.24) is 14.9 Å². The van der Waals surface area contributed by atoms with Gasteiger partial charge in [-0.3, -0.25) is 25.1 Å². The Bertz CT molecular complexity index is 4780. The molecule has 0 saturated heterocycles. The van der Waals surface area contributed by atoms with Gasteiger partial charge in [0, 0.05) is 52.0 Å². The topological polar surface area (TPSA) is 222 Å². The van der Waals surface area contributed by atoms with E-state index in [9.17, 15) is 24.9 Å². The van der Waals surface area contributed by atoms with Crippen LogP contribution in [0.1, 0.15) is 73.9 Å². The number of carbonyl (C=O) groups excluding carboxylic acids is 2. The molecule has 11 aromatic carbocycles. The Hall–Kier alpha value is -10.9. The summed E-state index contributed by atoms with van der Waals surface area (Å²) in [5.74, 6) is -1.01. The molecule has 0 bridgehead atoms. The van der Waals surface area contributed by atoms with E-state index in [1.54, 1.807) is 36.4 Å². The van der Waals surface area contributed by atoms with Gasteiger partial charge in [0.05, 0.1) is 65.7 Å². The van der Waals surface area contributed by atoms with E-state index in [-0.39, 0.29) is 34.3 Å². The number of nitrogens with zero attached hydrogens (tertiary/aromatic N) is 9. The third kappa shape index (κ3) is 12.5. The van der Waals surface area contributed by atoms with Crippen molar-refractivity contribution in [3.05, 3.63) is 245 Å². The van der Waals surface area contributed by atoms with Crippen molar-refractivity contribution >= 4 is 132 Å². The fourth-order valence-corrected chi connectivity index (χ4v) is 12.8. The summed E-state index contributed by atoms with van der Waals surface area (Å²) in [7, 11) is 0. The first-order chi connectivity index (χ1) is 43.7.